The molecule has 0 aliphatic carbocycles. The van der Waals surface area contributed by atoms with Gasteiger partial charge in [-0.25, -0.2) is 4.98 Å². The molecule has 0 aliphatic heterocycles. The quantitative estimate of drug-likeness (QED) is 0.829. The van der Waals surface area contributed by atoms with Crippen molar-refractivity contribution in [2.45, 2.75) is 33.2 Å². The van der Waals surface area contributed by atoms with Crippen LogP contribution in [0.2, 0.25) is 0 Å². The summed E-state index contributed by atoms with van der Waals surface area (Å²) in [5.41, 5.74) is 0. The van der Waals surface area contributed by atoms with Gasteiger partial charge in [0.2, 0.25) is 5.89 Å². The third-order valence-corrected chi connectivity index (χ3v) is 2.71. The molecule has 0 atom stereocenters. The lowest BCUT2D eigenvalue weighted by Gasteiger charge is -2.01. The zero-order valence-electron chi connectivity index (χ0n) is 9.36. The van der Waals surface area contributed by atoms with Crippen LogP contribution in [-0.4, -0.2) is 19.7 Å². The van der Waals surface area contributed by atoms with Crippen LogP contribution in [-0.2, 0) is 19.4 Å². The number of aryl methyl sites for hydroxylation is 2. The molecule has 86 valence electrons. The van der Waals surface area contributed by atoms with Crippen LogP contribution in [0.3, 0.4) is 0 Å². The smallest absolute Gasteiger partial charge is 0.214 e. The van der Waals surface area contributed by atoms with Crippen molar-refractivity contribution in [2.75, 3.05) is 0 Å². The number of hydrogen-bond donors (Lipinski definition) is 1. The van der Waals surface area contributed by atoms with E-state index in [1.54, 1.807) is 6.20 Å². The molecule has 0 saturated carbocycles. The van der Waals surface area contributed by atoms with Crippen molar-refractivity contribution in [1.29, 1.82) is 0 Å². The van der Waals surface area contributed by atoms with Crippen LogP contribution >= 0.6 is 12.2 Å². The van der Waals surface area contributed by atoms with Gasteiger partial charge in [-0.3, -0.25) is 9.67 Å². The van der Waals surface area contributed by atoms with E-state index in [0.29, 0.717) is 17.2 Å². The Kier molecular flexibility index (Phi) is 3.19. The molecule has 0 unspecified atom stereocenters. The van der Waals surface area contributed by atoms with Gasteiger partial charge < -0.3 is 4.42 Å². The summed E-state index contributed by atoms with van der Waals surface area (Å²) >= 11 is 5.15. The normalized spacial score (nSPS) is 10.9. The minimum absolute atomic E-state index is 0.540. The zero-order valence-corrected chi connectivity index (χ0v) is 10.2. The summed E-state index contributed by atoms with van der Waals surface area (Å²) in [4.78, 5) is 4.20. The first-order chi connectivity index (χ1) is 7.74. The van der Waals surface area contributed by atoms with Crippen molar-refractivity contribution in [1.82, 2.24) is 19.7 Å². The van der Waals surface area contributed by atoms with Crippen LogP contribution in [0.1, 0.15) is 31.3 Å². The van der Waals surface area contributed by atoms with Gasteiger partial charge in [0.1, 0.15) is 18.1 Å². The van der Waals surface area contributed by atoms with Gasteiger partial charge >= 0.3 is 0 Å². The van der Waals surface area contributed by atoms with E-state index in [2.05, 4.69) is 15.2 Å². The average molecular weight is 238 g/mol. The van der Waals surface area contributed by atoms with E-state index in [4.69, 9.17) is 16.6 Å². The van der Waals surface area contributed by atoms with Crippen molar-refractivity contribution >= 4 is 12.2 Å². The summed E-state index contributed by atoms with van der Waals surface area (Å²) in [5.74, 6) is 2.48. The summed E-state index contributed by atoms with van der Waals surface area (Å²) in [6.07, 6.45) is 3.43. The van der Waals surface area contributed by atoms with Crippen LogP contribution < -0.4 is 0 Å². The van der Waals surface area contributed by atoms with Gasteiger partial charge in [-0.15, -0.1) is 0 Å². The molecular weight excluding hydrogens is 224 g/mol. The first-order valence-electron chi connectivity index (χ1n) is 5.32. The first-order valence-corrected chi connectivity index (χ1v) is 5.73. The largest absolute Gasteiger partial charge is 0.444 e. The molecular formula is C10H14N4OS. The van der Waals surface area contributed by atoms with E-state index in [9.17, 15) is 0 Å². The van der Waals surface area contributed by atoms with E-state index < -0.39 is 0 Å². The maximum Gasteiger partial charge on any atom is 0.214 e. The van der Waals surface area contributed by atoms with Crippen LogP contribution in [0, 0.1) is 4.77 Å². The number of nitrogens with zero attached hydrogens (tertiary/aromatic N) is 3. The summed E-state index contributed by atoms with van der Waals surface area (Å²) < 4.78 is 8.05. The Balaban J connectivity index is 2.26. The molecule has 2 heterocycles. The second kappa shape index (κ2) is 4.61. The zero-order chi connectivity index (χ0) is 11.5. The number of rotatable bonds is 4. The minimum Gasteiger partial charge on any atom is -0.444 e. The number of hydrogen-bond acceptors (Lipinski definition) is 4. The van der Waals surface area contributed by atoms with Gasteiger partial charge in [0.15, 0.2) is 4.77 Å². The van der Waals surface area contributed by atoms with Crippen LogP contribution in [0.4, 0.5) is 0 Å². The molecule has 0 spiro atoms. The molecule has 1 N–H and O–H groups in total. The minimum atomic E-state index is 0.540. The monoisotopic (exact) mass is 238 g/mol. The third-order valence-electron chi connectivity index (χ3n) is 2.40. The number of oxazole rings is 1. The molecule has 2 aromatic rings. The van der Waals surface area contributed by atoms with E-state index in [0.717, 1.165) is 24.4 Å². The Labute approximate surface area is 98.5 Å². The van der Waals surface area contributed by atoms with Gasteiger partial charge in [0.05, 0.1) is 6.20 Å². The third kappa shape index (κ3) is 2.06. The van der Waals surface area contributed by atoms with Gasteiger partial charge in [0, 0.05) is 12.8 Å². The van der Waals surface area contributed by atoms with Crippen LogP contribution in [0.15, 0.2) is 10.6 Å². The summed E-state index contributed by atoms with van der Waals surface area (Å²) in [7, 11) is 0. The molecule has 6 heteroatoms. The Morgan fingerprint density at radius 1 is 1.44 bits per heavy atom. The predicted molar refractivity (Wildman–Crippen MR) is 61.8 cm³/mol. The second-order valence-electron chi connectivity index (χ2n) is 3.46. The second-order valence-corrected chi connectivity index (χ2v) is 3.85. The first kappa shape index (κ1) is 11.1. The van der Waals surface area contributed by atoms with Crippen molar-refractivity contribution < 1.29 is 4.42 Å². The molecule has 0 saturated heterocycles. The average Bonchev–Trinajstić information content (AvgIpc) is 2.88. The van der Waals surface area contributed by atoms with Crippen LogP contribution in [0.5, 0.6) is 0 Å². The molecule has 2 rings (SSSR count). The summed E-state index contributed by atoms with van der Waals surface area (Å²) in [5, 5.41) is 6.91. The molecule has 0 aromatic carbocycles. The van der Waals surface area contributed by atoms with E-state index in [1.807, 2.05) is 18.4 Å². The van der Waals surface area contributed by atoms with Crippen molar-refractivity contribution in [3.8, 4) is 0 Å². The molecule has 2 aromatic heterocycles. The van der Waals surface area contributed by atoms with Crippen molar-refractivity contribution in [3.63, 3.8) is 0 Å². The fourth-order valence-corrected chi connectivity index (χ4v) is 1.72. The molecule has 16 heavy (non-hydrogen) atoms. The summed E-state index contributed by atoms with van der Waals surface area (Å²) in [6, 6.07) is 0. The van der Waals surface area contributed by atoms with Crippen molar-refractivity contribution in [3.05, 3.63) is 28.4 Å². The molecule has 0 aliphatic rings. The topological polar surface area (TPSA) is 59.6 Å². The van der Waals surface area contributed by atoms with E-state index in [-0.39, 0.29) is 0 Å². The fraction of sp³-hybridized carbons (Fsp3) is 0.500. The molecule has 0 amide bonds. The predicted octanol–water partition coefficient (Wildman–Crippen LogP) is 2.10. The number of H-pyrrole nitrogens is 1. The standard InChI is InChI=1S/C10H14N4OS/c1-3-7-5-11-9(15-7)6-14-8(4-2)12-13-10(14)16/h5H,3-4,6H2,1-2H3,(H,13,16). The van der Waals surface area contributed by atoms with Gasteiger partial charge in [0.25, 0.3) is 0 Å². The molecule has 0 fully saturated rings. The maximum atomic E-state index is 5.54. The SMILES string of the molecule is CCc1cnc(Cn2c(CC)n[nH]c2=S)o1. The maximum absolute atomic E-state index is 5.54. The van der Waals surface area contributed by atoms with Crippen LogP contribution in [0.25, 0.3) is 0 Å². The van der Waals surface area contributed by atoms with Gasteiger partial charge in [-0.1, -0.05) is 13.8 Å². The highest BCUT2D eigenvalue weighted by atomic mass is 32.1. The number of aromatic nitrogens is 4. The number of nitrogens with one attached hydrogen (secondary N) is 1. The highest BCUT2D eigenvalue weighted by molar-refractivity contribution is 7.71. The number of aromatic amines is 1. The summed E-state index contributed by atoms with van der Waals surface area (Å²) in [6.45, 7) is 4.61. The fourth-order valence-electron chi connectivity index (χ4n) is 1.50. The van der Waals surface area contributed by atoms with E-state index in [1.165, 1.54) is 0 Å². The highest BCUT2D eigenvalue weighted by Gasteiger charge is 2.08. The lowest BCUT2D eigenvalue weighted by molar-refractivity contribution is 0.442. The Bertz CT molecular complexity index is 525. The lowest BCUT2D eigenvalue weighted by atomic mass is 10.4. The van der Waals surface area contributed by atoms with Gasteiger partial charge in [-0.2, -0.15) is 5.10 Å². The Hall–Kier alpha value is -1.43. The highest BCUT2D eigenvalue weighted by Crippen LogP contribution is 2.08. The van der Waals surface area contributed by atoms with E-state index >= 15 is 0 Å². The van der Waals surface area contributed by atoms with Gasteiger partial charge in [-0.05, 0) is 12.2 Å². The Morgan fingerprint density at radius 3 is 2.88 bits per heavy atom. The molecule has 0 radical (unpaired) electrons. The molecule has 0 bridgehead atoms. The van der Waals surface area contributed by atoms with Crippen molar-refractivity contribution in [2.24, 2.45) is 0 Å². The molecule has 5 nitrogen and oxygen atoms in total. The Morgan fingerprint density at radius 2 is 2.25 bits per heavy atom. The lowest BCUT2D eigenvalue weighted by Crippen LogP contribution is -2.04.